The van der Waals surface area contributed by atoms with Crippen molar-refractivity contribution < 1.29 is 4.79 Å². The molecule has 20 heavy (non-hydrogen) atoms. The van der Waals surface area contributed by atoms with Gasteiger partial charge in [0.05, 0.1) is 11.9 Å². The Morgan fingerprint density at radius 1 is 1.30 bits per heavy atom. The van der Waals surface area contributed by atoms with Crippen molar-refractivity contribution in [2.75, 3.05) is 11.1 Å². The molecule has 0 radical (unpaired) electrons. The summed E-state index contributed by atoms with van der Waals surface area (Å²) in [6.07, 6.45) is 1.46. The number of nitrogens with zero attached hydrogens (tertiary/aromatic N) is 2. The van der Waals surface area contributed by atoms with Crippen molar-refractivity contribution in [3.05, 3.63) is 47.0 Å². The quantitative estimate of drug-likeness (QED) is 0.910. The number of anilines is 2. The Morgan fingerprint density at radius 2 is 1.95 bits per heavy atom. The number of nitrogens with two attached hydrogens (primary N) is 1. The van der Waals surface area contributed by atoms with Crippen molar-refractivity contribution in [3.63, 3.8) is 0 Å². The standard InChI is InChI=1S/C14H15ClN4O/c1-8(2)13-17-7-11(16)12(19-13)14(20)18-10-5-3-9(15)4-6-10/h3-8H,16H2,1-2H3,(H,18,20). The summed E-state index contributed by atoms with van der Waals surface area (Å²) in [5.74, 6) is 0.340. The summed E-state index contributed by atoms with van der Waals surface area (Å²) in [5.41, 5.74) is 6.82. The van der Waals surface area contributed by atoms with Gasteiger partial charge in [0.15, 0.2) is 5.69 Å². The van der Waals surface area contributed by atoms with Crippen LogP contribution in [0.15, 0.2) is 30.5 Å². The summed E-state index contributed by atoms with van der Waals surface area (Å²) < 4.78 is 0. The molecule has 0 fully saturated rings. The van der Waals surface area contributed by atoms with Gasteiger partial charge < -0.3 is 11.1 Å². The van der Waals surface area contributed by atoms with Gasteiger partial charge in [0, 0.05) is 16.6 Å². The maximum Gasteiger partial charge on any atom is 0.276 e. The van der Waals surface area contributed by atoms with Gasteiger partial charge in [-0.25, -0.2) is 9.97 Å². The van der Waals surface area contributed by atoms with E-state index in [1.54, 1.807) is 24.3 Å². The first kappa shape index (κ1) is 14.3. The van der Waals surface area contributed by atoms with Crippen molar-refractivity contribution in [1.29, 1.82) is 0 Å². The monoisotopic (exact) mass is 290 g/mol. The van der Waals surface area contributed by atoms with Crippen LogP contribution in [0.3, 0.4) is 0 Å². The van der Waals surface area contributed by atoms with Gasteiger partial charge in [0.25, 0.3) is 5.91 Å². The lowest BCUT2D eigenvalue weighted by Gasteiger charge is -2.09. The van der Waals surface area contributed by atoms with Gasteiger partial charge in [0.1, 0.15) is 5.82 Å². The summed E-state index contributed by atoms with van der Waals surface area (Å²) in [6.45, 7) is 3.90. The normalized spacial score (nSPS) is 10.6. The van der Waals surface area contributed by atoms with Gasteiger partial charge in [-0.1, -0.05) is 25.4 Å². The van der Waals surface area contributed by atoms with E-state index in [2.05, 4.69) is 15.3 Å². The summed E-state index contributed by atoms with van der Waals surface area (Å²) in [7, 11) is 0. The molecule has 1 heterocycles. The van der Waals surface area contributed by atoms with E-state index in [1.165, 1.54) is 6.20 Å². The molecule has 0 saturated heterocycles. The van der Waals surface area contributed by atoms with Crippen LogP contribution >= 0.6 is 11.6 Å². The number of amides is 1. The van der Waals surface area contributed by atoms with Gasteiger partial charge in [-0.15, -0.1) is 0 Å². The van der Waals surface area contributed by atoms with Crippen LogP contribution in [-0.2, 0) is 0 Å². The summed E-state index contributed by atoms with van der Waals surface area (Å²) in [5, 5.41) is 3.33. The lowest BCUT2D eigenvalue weighted by Crippen LogP contribution is -2.17. The van der Waals surface area contributed by atoms with E-state index in [1.807, 2.05) is 13.8 Å². The molecule has 2 rings (SSSR count). The second kappa shape index (κ2) is 5.88. The molecule has 0 unspecified atom stereocenters. The minimum absolute atomic E-state index is 0.123. The zero-order valence-corrected chi connectivity index (χ0v) is 12.0. The Labute approximate surface area is 122 Å². The highest BCUT2D eigenvalue weighted by Crippen LogP contribution is 2.17. The molecule has 3 N–H and O–H groups in total. The Hall–Kier alpha value is -2.14. The number of benzene rings is 1. The highest BCUT2D eigenvalue weighted by atomic mass is 35.5. The van der Waals surface area contributed by atoms with Crippen molar-refractivity contribution in [2.45, 2.75) is 19.8 Å². The maximum absolute atomic E-state index is 12.2. The largest absolute Gasteiger partial charge is 0.396 e. The highest BCUT2D eigenvalue weighted by Gasteiger charge is 2.15. The molecule has 0 aliphatic carbocycles. The molecular formula is C14H15ClN4O. The van der Waals surface area contributed by atoms with E-state index >= 15 is 0 Å². The Balaban J connectivity index is 2.24. The molecular weight excluding hydrogens is 276 g/mol. The van der Waals surface area contributed by atoms with Crippen molar-refractivity contribution >= 4 is 28.9 Å². The number of carbonyl (C=O) groups is 1. The van der Waals surface area contributed by atoms with Gasteiger partial charge >= 0.3 is 0 Å². The third kappa shape index (κ3) is 3.24. The summed E-state index contributed by atoms with van der Waals surface area (Å²) >= 11 is 5.79. The van der Waals surface area contributed by atoms with Crippen LogP contribution < -0.4 is 11.1 Å². The lowest BCUT2D eigenvalue weighted by molar-refractivity contribution is 0.102. The second-order valence-electron chi connectivity index (χ2n) is 4.65. The molecule has 5 nitrogen and oxygen atoms in total. The van der Waals surface area contributed by atoms with Crippen LogP contribution in [0.5, 0.6) is 0 Å². The van der Waals surface area contributed by atoms with Crippen molar-refractivity contribution in [3.8, 4) is 0 Å². The zero-order chi connectivity index (χ0) is 14.7. The molecule has 0 atom stereocenters. The van der Waals surface area contributed by atoms with E-state index in [-0.39, 0.29) is 23.2 Å². The van der Waals surface area contributed by atoms with E-state index in [0.717, 1.165) is 0 Å². The first-order chi connectivity index (χ1) is 9.47. The fourth-order valence-corrected chi connectivity index (χ4v) is 1.71. The number of nitrogen functional groups attached to an aromatic ring is 1. The number of aromatic nitrogens is 2. The second-order valence-corrected chi connectivity index (χ2v) is 5.08. The molecule has 1 amide bonds. The predicted octanol–water partition coefficient (Wildman–Crippen LogP) is 3.09. The van der Waals surface area contributed by atoms with Crippen LogP contribution in [0.25, 0.3) is 0 Å². The fraction of sp³-hybridized carbons (Fsp3) is 0.214. The Morgan fingerprint density at radius 3 is 2.55 bits per heavy atom. The zero-order valence-electron chi connectivity index (χ0n) is 11.2. The molecule has 0 saturated carbocycles. The van der Waals surface area contributed by atoms with Gasteiger partial charge in [0.2, 0.25) is 0 Å². The summed E-state index contributed by atoms with van der Waals surface area (Å²) in [4.78, 5) is 20.5. The highest BCUT2D eigenvalue weighted by molar-refractivity contribution is 6.30. The molecule has 0 aliphatic heterocycles. The van der Waals surface area contributed by atoms with E-state index in [4.69, 9.17) is 17.3 Å². The average molecular weight is 291 g/mol. The number of hydrogen-bond donors (Lipinski definition) is 2. The third-order valence-electron chi connectivity index (χ3n) is 2.67. The van der Waals surface area contributed by atoms with E-state index < -0.39 is 0 Å². The van der Waals surface area contributed by atoms with E-state index in [9.17, 15) is 4.79 Å². The van der Waals surface area contributed by atoms with Gasteiger partial charge in [-0.05, 0) is 24.3 Å². The van der Waals surface area contributed by atoms with Crippen LogP contribution in [0.2, 0.25) is 5.02 Å². The maximum atomic E-state index is 12.2. The molecule has 0 aliphatic rings. The topological polar surface area (TPSA) is 80.9 Å². The van der Waals surface area contributed by atoms with Crippen LogP contribution in [0, 0.1) is 0 Å². The fourth-order valence-electron chi connectivity index (χ4n) is 1.59. The number of carbonyl (C=O) groups excluding carboxylic acids is 1. The Kier molecular flexibility index (Phi) is 4.20. The number of nitrogens with one attached hydrogen (secondary N) is 1. The smallest absolute Gasteiger partial charge is 0.276 e. The summed E-state index contributed by atoms with van der Waals surface area (Å²) in [6, 6.07) is 6.81. The van der Waals surface area contributed by atoms with E-state index in [0.29, 0.717) is 16.5 Å². The SMILES string of the molecule is CC(C)c1ncc(N)c(C(=O)Nc2ccc(Cl)cc2)n1. The molecule has 0 spiro atoms. The number of rotatable bonds is 3. The van der Waals surface area contributed by atoms with Crippen LogP contribution in [0.1, 0.15) is 36.1 Å². The molecule has 104 valence electrons. The predicted molar refractivity (Wildman–Crippen MR) is 79.9 cm³/mol. The molecule has 1 aromatic heterocycles. The number of hydrogen-bond acceptors (Lipinski definition) is 4. The molecule has 2 aromatic rings. The third-order valence-corrected chi connectivity index (χ3v) is 2.92. The average Bonchev–Trinajstić information content (AvgIpc) is 2.41. The first-order valence-electron chi connectivity index (χ1n) is 6.16. The molecule has 1 aromatic carbocycles. The minimum Gasteiger partial charge on any atom is -0.396 e. The van der Waals surface area contributed by atoms with Gasteiger partial charge in [-0.2, -0.15) is 0 Å². The molecule has 0 bridgehead atoms. The molecule has 6 heteroatoms. The van der Waals surface area contributed by atoms with Crippen molar-refractivity contribution in [1.82, 2.24) is 9.97 Å². The van der Waals surface area contributed by atoms with Crippen molar-refractivity contribution in [2.24, 2.45) is 0 Å². The minimum atomic E-state index is -0.367. The first-order valence-corrected chi connectivity index (χ1v) is 6.54. The van der Waals surface area contributed by atoms with Gasteiger partial charge in [-0.3, -0.25) is 4.79 Å². The lowest BCUT2D eigenvalue weighted by atomic mass is 10.2. The van der Waals surface area contributed by atoms with Crippen LogP contribution in [0.4, 0.5) is 11.4 Å². The Bertz CT molecular complexity index is 626. The van der Waals surface area contributed by atoms with Crippen LogP contribution in [-0.4, -0.2) is 15.9 Å². The number of halogens is 1.